The summed E-state index contributed by atoms with van der Waals surface area (Å²) in [4.78, 5) is 4.78. The standard InChI is InChI=1S/C17H22N2O/c1-12(2)18-11-14-9-10-20-17(14)16-8-7-13-5-3-4-6-15(13)19-16/h3-8,12,14,17-18H,9-11H2,1-2H3. The molecule has 1 aromatic carbocycles. The van der Waals surface area contributed by atoms with Crippen molar-refractivity contribution in [3.05, 3.63) is 42.1 Å². The van der Waals surface area contributed by atoms with Gasteiger partial charge in [-0.2, -0.15) is 0 Å². The molecule has 106 valence electrons. The van der Waals surface area contributed by atoms with Gasteiger partial charge in [-0.15, -0.1) is 0 Å². The number of benzene rings is 1. The predicted molar refractivity (Wildman–Crippen MR) is 81.7 cm³/mol. The summed E-state index contributed by atoms with van der Waals surface area (Å²) in [6.07, 6.45) is 1.24. The molecular formula is C17H22N2O. The van der Waals surface area contributed by atoms with E-state index in [1.165, 1.54) is 5.39 Å². The van der Waals surface area contributed by atoms with Crippen LogP contribution in [-0.2, 0) is 4.74 Å². The fourth-order valence-electron chi connectivity index (χ4n) is 2.80. The van der Waals surface area contributed by atoms with Gasteiger partial charge in [-0.3, -0.25) is 4.98 Å². The van der Waals surface area contributed by atoms with Crippen LogP contribution in [0.3, 0.4) is 0 Å². The summed E-state index contributed by atoms with van der Waals surface area (Å²) in [5.74, 6) is 0.520. The summed E-state index contributed by atoms with van der Waals surface area (Å²) >= 11 is 0. The van der Waals surface area contributed by atoms with Gasteiger partial charge in [0.05, 0.1) is 11.2 Å². The van der Waals surface area contributed by atoms with Gasteiger partial charge in [-0.05, 0) is 18.6 Å². The van der Waals surface area contributed by atoms with Crippen LogP contribution < -0.4 is 5.32 Å². The summed E-state index contributed by atoms with van der Waals surface area (Å²) in [5, 5.41) is 4.70. The number of pyridine rings is 1. The Hall–Kier alpha value is -1.45. The first kappa shape index (κ1) is 13.5. The van der Waals surface area contributed by atoms with E-state index in [1.807, 2.05) is 12.1 Å². The van der Waals surface area contributed by atoms with Crippen LogP contribution in [0, 0.1) is 5.92 Å². The average molecular weight is 270 g/mol. The zero-order valence-electron chi connectivity index (χ0n) is 12.2. The normalized spacial score (nSPS) is 22.8. The van der Waals surface area contributed by atoms with Crippen LogP contribution in [-0.4, -0.2) is 24.2 Å². The Morgan fingerprint density at radius 2 is 2.10 bits per heavy atom. The first-order chi connectivity index (χ1) is 9.74. The quantitative estimate of drug-likeness (QED) is 0.925. The zero-order valence-corrected chi connectivity index (χ0v) is 12.2. The molecule has 1 aliphatic rings. The Labute approximate surface area is 120 Å². The summed E-state index contributed by atoms with van der Waals surface area (Å²) in [6, 6.07) is 13.0. The average Bonchev–Trinajstić information content (AvgIpc) is 2.93. The number of para-hydroxylation sites is 1. The molecule has 0 saturated carbocycles. The van der Waals surface area contributed by atoms with Crippen molar-refractivity contribution in [1.82, 2.24) is 10.3 Å². The Kier molecular flexibility index (Phi) is 3.99. The number of fused-ring (bicyclic) bond motifs is 1. The van der Waals surface area contributed by atoms with Crippen LogP contribution in [0.4, 0.5) is 0 Å². The van der Waals surface area contributed by atoms with Crippen molar-refractivity contribution in [1.29, 1.82) is 0 Å². The molecule has 0 amide bonds. The number of nitrogens with zero attached hydrogens (tertiary/aromatic N) is 1. The highest BCUT2D eigenvalue weighted by atomic mass is 16.5. The van der Waals surface area contributed by atoms with Crippen molar-refractivity contribution in [3.63, 3.8) is 0 Å². The lowest BCUT2D eigenvalue weighted by Gasteiger charge is -2.20. The van der Waals surface area contributed by atoms with Gasteiger partial charge in [-0.25, -0.2) is 0 Å². The van der Waals surface area contributed by atoms with Gasteiger partial charge < -0.3 is 10.1 Å². The molecule has 2 aromatic rings. The smallest absolute Gasteiger partial charge is 0.104 e. The lowest BCUT2D eigenvalue weighted by Crippen LogP contribution is -2.30. The maximum atomic E-state index is 5.93. The lowest BCUT2D eigenvalue weighted by molar-refractivity contribution is 0.0869. The predicted octanol–water partition coefficient (Wildman–Crippen LogP) is 3.31. The van der Waals surface area contributed by atoms with Gasteiger partial charge in [0.2, 0.25) is 0 Å². The Balaban J connectivity index is 1.81. The molecule has 0 aliphatic carbocycles. The molecule has 3 rings (SSSR count). The number of hydrogen-bond donors (Lipinski definition) is 1. The second-order valence-corrected chi connectivity index (χ2v) is 5.83. The third kappa shape index (κ3) is 2.84. The van der Waals surface area contributed by atoms with Gasteiger partial charge in [0.25, 0.3) is 0 Å². The molecule has 2 atom stereocenters. The fourth-order valence-corrected chi connectivity index (χ4v) is 2.80. The summed E-state index contributed by atoms with van der Waals surface area (Å²) in [7, 11) is 0. The van der Waals surface area contributed by atoms with E-state index in [2.05, 4.69) is 43.4 Å². The molecule has 0 radical (unpaired) electrons. The van der Waals surface area contributed by atoms with E-state index < -0.39 is 0 Å². The minimum Gasteiger partial charge on any atom is -0.372 e. The van der Waals surface area contributed by atoms with Crippen LogP contribution in [0.1, 0.15) is 32.1 Å². The Morgan fingerprint density at radius 1 is 1.25 bits per heavy atom. The highest BCUT2D eigenvalue weighted by Crippen LogP contribution is 2.33. The monoisotopic (exact) mass is 270 g/mol. The first-order valence-corrected chi connectivity index (χ1v) is 7.45. The zero-order chi connectivity index (χ0) is 13.9. The summed E-state index contributed by atoms with van der Waals surface area (Å²) in [5.41, 5.74) is 2.12. The van der Waals surface area contributed by atoms with E-state index in [0.29, 0.717) is 12.0 Å². The van der Waals surface area contributed by atoms with Crippen molar-refractivity contribution >= 4 is 10.9 Å². The van der Waals surface area contributed by atoms with Crippen LogP contribution in [0.2, 0.25) is 0 Å². The van der Waals surface area contributed by atoms with E-state index in [0.717, 1.165) is 30.8 Å². The molecule has 1 N–H and O–H groups in total. The summed E-state index contributed by atoms with van der Waals surface area (Å²) < 4.78 is 5.93. The largest absolute Gasteiger partial charge is 0.372 e. The van der Waals surface area contributed by atoms with Gasteiger partial charge in [0.15, 0.2) is 0 Å². The number of rotatable bonds is 4. The van der Waals surface area contributed by atoms with Crippen molar-refractivity contribution in [2.24, 2.45) is 5.92 Å². The topological polar surface area (TPSA) is 34.1 Å². The molecular weight excluding hydrogens is 248 g/mol. The molecule has 1 aliphatic heterocycles. The van der Waals surface area contributed by atoms with Gasteiger partial charge in [-0.1, -0.05) is 38.1 Å². The first-order valence-electron chi connectivity index (χ1n) is 7.45. The van der Waals surface area contributed by atoms with Crippen molar-refractivity contribution in [2.75, 3.05) is 13.2 Å². The number of nitrogens with one attached hydrogen (secondary N) is 1. The highest BCUT2D eigenvalue weighted by Gasteiger charge is 2.30. The number of ether oxygens (including phenoxy) is 1. The fraction of sp³-hybridized carbons (Fsp3) is 0.471. The molecule has 0 bridgehead atoms. The molecule has 20 heavy (non-hydrogen) atoms. The SMILES string of the molecule is CC(C)NCC1CCOC1c1ccc2ccccc2n1. The molecule has 0 spiro atoms. The molecule has 3 heteroatoms. The van der Waals surface area contributed by atoms with E-state index in [9.17, 15) is 0 Å². The lowest BCUT2D eigenvalue weighted by atomic mass is 9.98. The second-order valence-electron chi connectivity index (χ2n) is 5.83. The molecule has 3 nitrogen and oxygen atoms in total. The van der Waals surface area contributed by atoms with Crippen molar-refractivity contribution < 1.29 is 4.74 Å². The van der Waals surface area contributed by atoms with Crippen LogP contribution in [0.15, 0.2) is 36.4 Å². The maximum absolute atomic E-state index is 5.93. The Bertz CT molecular complexity index is 582. The molecule has 2 unspecified atom stereocenters. The minimum absolute atomic E-state index is 0.130. The molecule has 1 saturated heterocycles. The van der Waals surface area contributed by atoms with E-state index >= 15 is 0 Å². The van der Waals surface area contributed by atoms with Crippen LogP contribution in [0.5, 0.6) is 0 Å². The highest BCUT2D eigenvalue weighted by molar-refractivity contribution is 5.78. The maximum Gasteiger partial charge on any atom is 0.104 e. The van der Waals surface area contributed by atoms with Crippen LogP contribution in [0.25, 0.3) is 10.9 Å². The Morgan fingerprint density at radius 3 is 2.95 bits per heavy atom. The number of hydrogen-bond acceptors (Lipinski definition) is 3. The minimum atomic E-state index is 0.130. The summed E-state index contributed by atoms with van der Waals surface area (Å²) in [6.45, 7) is 6.19. The third-order valence-corrected chi connectivity index (χ3v) is 3.91. The van der Waals surface area contributed by atoms with Gasteiger partial charge >= 0.3 is 0 Å². The van der Waals surface area contributed by atoms with Crippen molar-refractivity contribution in [2.45, 2.75) is 32.4 Å². The second kappa shape index (κ2) is 5.90. The molecule has 1 aromatic heterocycles. The van der Waals surface area contributed by atoms with Gasteiger partial charge in [0, 0.05) is 30.5 Å². The van der Waals surface area contributed by atoms with E-state index in [-0.39, 0.29) is 6.10 Å². The van der Waals surface area contributed by atoms with Crippen LogP contribution >= 0.6 is 0 Å². The number of aromatic nitrogens is 1. The van der Waals surface area contributed by atoms with Gasteiger partial charge in [0.1, 0.15) is 6.10 Å². The van der Waals surface area contributed by atoms with Crippen molar-refractivity contribution in [3.8, 4) is 0 Å². The third-order valence-electron chi connectivity index (χ3n) is 3.91. The van der Waals surface area contributed by atoms with E-state index in [1.54, 1.807) is 0 Å². The molecule has 1 fully saturated rings. The molecule has 2 heterocycles. The van der Waals surface area contributed by atoms with E-state index in [4.69, 9.17) is 9.72 Å².